The second-order valence-corrected chi connectivity index (χ2v) is 8.73. The van der Waals surface area contributed by atoms with Crippen LogP contribution < -0.4 is 10.1 Å². The van der Waals surface area contributed by atoms with Crippen LogP contribution in [0.1, 0.15) is 54.4 Å². The van der Waals surface area contributed by atoms with E-state index in [0.29, 0.717) is 12.2 Å². The summed E-state index contributed by atoms with van der Waals surface area (Å²) in [6.45, 7) is 1.24. The first-order valence-corrected chi connectivity index (χ1v) is 10.9. The van der Waals surface area contributed by atoms with Crippen LogP contribution >= 0.6 is 11.9 Å². The highest BCUT2D eigenvalue weighted by atomic mass is 32.2. The molecule has 2 aromatic rings. The molecule has 0 unspecified atom stereocenters. The van der Waals surface area contributed by atoms with Crippen molar-refractivity contribution in [2.45, 2.75) is 50.0 Å². The van der Waals surface area contributed by atoms with Crippen molar-refractivity contribution < 1.29 is 25.2 Å². The molecule has 0 radical (unpaired) electrons. The summed E-state index contributed by atoms with van der Waals surface area (Å²) in [6, 6.07) is 9.26. The van der Waals surface area contributed by atoms with Gasteiger partial charge in [0, 0.05) is 16.5 Å². The lowest BCUT2D eigenvalue weighted by Crippen LogP contribution is -2.23. The molecule has 0 spiro atoms. The van der Waals surface area contributed by atoms with E-state index in [1.54, 1.807) is 24.1 Å². The fourth-order valence-corrected chi connectivity index (χ4v) is 4.67. The van der Waals surface area contributed by atoms with Crippen LogP contribution in [0, 0.1) is 0 Å². The molecule has 2 aliphatic heterocycles. The molecule has 0 amide bonds. The SMILES string of the molecule is C1CCCCC1.CN1CNc2cc3c(cc2S1)-c1cc(C(=O)O)ccc1CO3.OO. The number of carbonyl (C=O) groups is 1. The Hall–Kier alpha value is -2.26. The van der Waals surface area contributed by atoms with E-state index in [1.807, 2.05) is 19.2 Å². The molecule has 2 aromatic carbocycles. The molecule has 4 N–H and O–H groups in total. The number of benzene rings is 2. The van der Waals surface area contributed by atoms with Gasteiger partial charge in [0.2, 0.25) is 0 Å². The summed E-state index contributed by atoms with van der Waals surface area (Å²) in [5, 5.41) is 24.6. The predicted octanol–water partition coefficient (Wildman–Crippen LogP) is 5.62. The summed E-state index contributed by atoms with van der Waals surface area (Å²) in [5.74, 6) is -0.115. The summed E-state index contributed by atoms with van der Waals surface area (Å²) in [6.07, 6.45) is 9.00. The number of hydrogen-bond donors (Lipinski definition) is 4. The number of hydrogen-bond acceptors (Lipinski definition) is 7. The minimum Gasteiger partial charge on any atom is -0.488 e. The molecule has 0 aromatic heterocycles. The summed E-state index contributed by atoms with van der Waals surface area (Å²) in [4.78, 5) is 12.3. The van der Waals surface area contributed by atoms with Gasteiger partial charge in [0.15, 0.2) is 0 Å². The van der Waals surface area contributed by atoms with Crippen LogP contribution in [0.5, 0.6) is 5.75 Å². The van der Waals surface area contributed by atoms with E-state index < -0.39 is 5.97 Å². The predicted molar refractivity (Wildman–Crippen MR) is 118 cm³/mol. The topological polar surface area (TPSA) is 102 Å². The Labute approximate surface area is 180 Å². The van der Waals surface area contributed by atoms with Crippen LogP contribution in [0.4, 0.5) is 5.69 Å². The van der Waals surface area contributed by atoms with Crippen molar-refractivity contribution in [1.29, 1.82) is 0 Å². The van der Waals surface area contributed by atoms with Gasteiger partial charge in [0.05, 0.1) is 17.9 Å². The van der Waals surface area contributed by atoms with E-state index >= 15 is 0 Å². The fourth-order valence-electron chi connectivity index (χ4n) is 3.80. The van der Waals surface area contributed by atoms with E-state index in [0.717, 1.165) is 39.7 Å². The zero-order valence-corrected chi connectivity index (χ0v) is 17.9. The van der Waals surface area contributed by atoms with Crippen LogP contribution in [0.2, 0.25) is 0 Å². The molecule has 0 bridgehead atoms. The summed E-state index contributed by atoms with van der Waals surface area (Å²) in [7, 11) is 2.02. The highest BCUT2D eigenvalue weighted by Gasteiger charge is 2.23. The van der Waals surface area contributed by atoms with Gasteiger partial charge in [-0.15, -0.1) is 0 Å². The summed E-state index contributed by atoms with van der Waals surface area (Å²) in [5.41, 5.74) is 4.26. The molecule has 0 saturated heterocycles. The number of rotatable bonds is 1. The first-order chi connectivity index (χ1) is 14.6. The molecule has 1 aliphatic carbocycles. The number of carboxylic acids is 1. The van der Waals surface area contributed by atoms with Crippen molar-refractivity contribution in [3.05, 3.63) is 41.5 Å². The van der Waals surface area contributed by atoms with Gasteiger partial charge in [-0.2, -0.15) is 0 Å². The molecule has 7 nitrogen and oxygen atoms in total. The average Bonchev–Trinajstić information content (AvgIpc) is 2.80. The average molecular weight is 433 g/mol. The van der Waals surface area contributed by atoms with E-state index in [1.165, 1.54) is 38.5 Å². The number of nitrogens with zero attached hydrogens (tertiary/aromatic N) is 1. The Balaban J connectivity index is 0.000000273. The Bertz CT molecular complexity index is 875. The largest absolute Gasteiger partial charge is 0.488 e. The first kappa shape index (κ1) is 22.4. The maximum atomic E-state index is 11.2. The molecule has 1 fully saturated rings. The Kier molecular flexibility index (Phi) is 7.98. The first-order valence-electron chi connectivity index (χ1n) is 10.1. The molecule has 1 saturated carbocycles. The number of aromatic carboxylic acids is 1. The van der Waals surface area contributed by atoms with Crippen molar-refractivity contribution in [3.63, 3.8) is 0 Å². The van der Waals surface area contributed by atoms with E-state index in [-0.39, 0.29) is 0 Å². The molecule has 3 aliphatic rings. The van der Waals surface area contributed by atoms with Gasteiger partial charge >= 0.3 is 5.97 Å². The minimum absolute atomic E-state index is 0.298. The van der Waals surface area contributed by atoms with Crippen LogP contribution in [0.3, 0.4) is 0 Å². The van der Waals surface area contributed by atoms with Crippen molar-refractivity contribution in [1.82, 2.24) is 4.31 Å². The third-order valence-corrected chi connectivity index (χ3v) is 6.33. The number of anilines is 1. The standard InChI is InChI=1S/C16H14N2O3S.C6H12.H2O2/c1-18-8-17-13-6-14-12(5-15(13)22-18)11-4-9(16(19)20)2-3-10(11)7-21-14;1-2-4-6-5-3-1;1-2/h2-6,17H,7-8H2,1H3,(H,19,20);1-6H2;1-2H. The van der Waals surface area contributed by atoms with E-state index in [4.69, 9.17) is 15.3 Å². The third-order valence-electron chi connectivity index (χ3n) is 5.36. The molecule has 2 heterocycles. The summed E-state index contributed by atoms with van der Waals surface area (Å²) >= 11 is 1.67. The van der Waals surface area contributed by atoms with Crippen molar-refractivity contribution >= 4 is 23.6 Å². The normalized spacial score (nSPS) is 16.6. The van der Waals surface area contributed by atoms with Crippen LogP contribution in [-0.2, 0) is 6.61 Å². The molecule has 0 atom stereocenters. The lowest BCUT2D eigenvalue weighted by molar-refractivity contribution is -0.176. The molecular formula is C22H28N2O5S. The van der Waals surface area contributed by atoms with Crippen molar-refractivity contribution in [3.8, 4) is 16.9 Å². The number of fused-ring (bicyclic) bond motifs is 4. The molecular weight excluding hydrogens is 404 g/mol. The fraction of sp³-hybridized carbons (Fsp3) is 0.409. The van der Waals surface area contributed by atoms with E-state index in [9.17, 15) is 9.90 Å². The maximum Gasteiger partial charge on any atom is 0.335 e. The monoisotopic (exact) mass is 432 g/mol. The second kappa shape index (κ2) is 10.7. The number of ether oxygens (including phenoxy) is 1. The maximum absolute atomic E-state index is 11.2. The second-order valence-electron chi connectivity index (χ2n) is 7.49. The molecule has 5 rings (SSSR count). The van der Waals surface area contributed by atoms with Crippen LogP contribution in [-0.4, -0.2) is 39.6 Å². The summed E-state index contributed by atoms with van der Waals surface area (Å²) < 4.78 is 7.94. The Morgan fingerprint density at radius 3 is 2.33 bits per heavy atom. The highest BCUT2D eigenvalue weighted by molar-refractivity contribution is 7.97. The lowest BCUT2D eigenvalue weighted by Gasteiger charge is -2.28. The van der Waals surface area contributed by atoms with Crippen molar-refractivity contribution in [2.75, 3.05) is 19.0 Å². The van der Waals surface area contributed by atoms with Gasteiger partial charge in [0.25, 0.3) is 0 Å². The quantitative estimate of drug-likeness (QED) is 0.261. The van der Waals surface area contributed by atoms with Gasteiger partial charge in [-0.3, -0.25) is 10.5 Å². The van der Waals surface area contributed by atoms with Crippen LogP contribution in [0.25, 0.3) is 11.1 Å². The third kappa shape index (κ3) is 5.26. The Morgan fingerprint density at radius 2 is 1.70 bits per heavy atom. The smallest absolute Gasteiger partial charge is 0.335 e. The zero-order chi connectivity index (χ0) is 21.5. The zero-order valence-electron chi connectivity index (χ0n) is 17.1. The van der Waals surface area contributed by atoms with Gasteiger partial charge in [-0.1, -0.05) is 44.6 Å². The number of carboxylic acid groups (broad SMARTS) is 1. The highest BCUT2D eigenvalue weighted by Crippen LogP contribution is 2.45. The number of nitrogens with one attached hydrogen (secondary N) is 1. The van der Waals surface area contributed by atoms with Crippen LogP contribution in [0.15, 0.2) is 35.2 Å². The van der Waals surface area contributed by atoms with Gasteiger partial charge in [-0.05, 0) is 48.3 Å². The van der Waals surface area contributed by atoms with Crippen molar-refractivity contribution in [2.24, 2.45) is 0 Å². The lowest BCUT2D eigenvalue weighted by atomic mass is 9.94. The molecule has 162 valence electrons. The van der Waals surface area contributed by atoms with Gasteiger partial charge in [-0.25, -0.2) is 9.10 Å². The van der Waals surface area contributed by atoms with E-state index in [2.05, 4.69) is 15.7 Å². The minimum atomic E-state index is -0.912. The molecule has 30 heavy (non-hydrogen) atoms. The molecule has 8 heteroatoms. The van der Waals surface area contributed by atoms with Gasteiger partial charge in [0.1, 0.15) is 12.4 Å². The Morgan fingerprint density at radius 1 is 1.03 bits per heavy atom. The van der Waals surface area contributed by atoms with Gasteiger partial charge < -0.3 is 15.2 Å².